The minimum atomic E-state index is 0.0398. The Bertz CT molecular complexity index is 706. The highest BCUT2D eigenvalue weighted by molar-refractivity contribution is 5.94. The Kier molecular flexibility index (Phi) is 5.99. The van der Waals surface area contributed by atoms with Crippen LogP contribution >= 0.6 is 0 Å². The molecule has 2 aromatic heterocycles. The third-order valence-electron chi connectivity index (χ3n) is 4.56. The van der Waals surface area contributed by atoms with E-state index in [4.69, 9.17) is 0 Å². The first kappa shape index (κ1) is 18.1. The van der Waals surface area contributed by atoms with Crippen LogP contribution in [0.4, 0.5) is 11.8 Å². The fraction of sp³-hybridized carbons (Fsp3) is 0.474. The highest BCUT2D eigenvalue weighted by Gasteiger charge is 2.21. The highest BCUT2D eigenvalue weighted by atomic mass is 16.2. The summed E-state index contributed by atoms with van der Waals surface area (Å²) in [6, 6.07) is 5.61. The van der Waals surface area contributed by atoms with E-state index in [1.54, 1.807) is 18.6 Å². The van der Waals surface area contributed by atoms with Crippen LogP contribution in [0.2, 0.25) is 0 Å². The Morgan fingerprint density at radius 2 is 1.92 bits per heavy atom. The summed E-state index contributed by atoms with van der Waals surface area (Å²) in [5.41, 5.74) is 0.642. The average molecular weight is 354 g/mol. The van der Waals surface area contributed by atoms with Crippen molar-refractivity contribution in [3.05, 3.63) is 42.4 Å². The summed E-state index contributed by atoms with van der Waals surface area (Å²) in [5.74, 6) is 1.66. The molecule has 0 unspecified atom stereocenters. The zero-order valence-corrected chi connectivity index (χ0v) is 15.5. The van der Waals surface area contributed by atoms with Gasteiger partial charge in [0.25, 0.3) is 5.91 Å². The van der Waals surface area contributed by atoms with Crippen LogP contribution in [0.15, 0.2) is 36.8 Å². The molecular weight excluding hydrogens is 328 g/mol. The van der Waals surface area contributed by atoms with Crippen LogP contribution in [0.25, 0.3) is 0 Å². The van der Waals surface area contributed by atoms with E-state index in [1.165, 1.54) is 0 Å². The van der Waals surface area contributed by atoms with Gasteiger partial charge in [-0.25, -0.2) is 15.0 Å². The smallest absolute Gasteiger partial charge is 0.255 e. The van der Waals surface area contributed by atoms with Gasteiger partial charge in [0, 0.05) is 58.4 Å². The maximum atomic E-state index is 12.8. The fourth-order valence-corrected chi connectivity index (χ4v) is 3.15. The Morgan fingerprint density at radius 1 is 1.12 bits per heavy atom. The Morgan fingerprint density at radius 3 is 2.62 bits per heavy atom. The average Bonchev–Trinajstić information content (AvgIpc) is 2.95. The van der Waals surface area contributed by atoms with Crippen LogP contribution in [-0.4, -0.2) is 65.5 Å². The second-order valence-electron chi connectivity index (χ2n) is 6.51. The lowest BCUT2D eigenvalue weighted by Crippen LogP contribution is -2.35. The number of amides is 1. The van der Waals surface area contributed by atoms with Gasteiger partial charge in [-0.15, -0.1) is 0 Å². The normalized spacial score (nSPS) is 14.8. The lowest BCUT2D eigenvalue weighted by molar-refractivity contribution is 0.0766. The number of rotatable bonds is 5. The molecule has 1 fully saturated rings. The van der Waals surface area contributed by atoms with Crippen molar-refractivity contribution in [2.75, 3.05) is 49.6 Å². The van der Waals surface area contributed by atoms with Crippen molar-refractivity contribution in [3.8, 4) is 0 Å². The van der Waals surface area contributed by atoms with Gasteiger partial charge in [0.1, 0.15) is 5.82 Å². The van der Waals surface area contributed by atoms with Gasteiger partial charge in [-0.2, -0.15) is 0 Å². The van der Waals surface area contributed by atoms with Crippen LogP contribution < -0.4 is 9.80 Å². The number of pyridine rings is 1. The molecular formula is C19H26N6O. The molecule has 7 nitrogen and oxygen atoms in total. The topological polar surface area (TPSA) is 65.5 Å². The second-order valence-corrected chi connectivity index (χ2v) is 6.51. The number of carbonyl (C=O) groups is 1. The summed E-state index contributed by atoms with van der Waals surface area (Å²) in [6.45, 7) is 6.07. The number of hydrogen-bond acceptors (Lipinski definition) is 6. The number of aromatic nitrogens is 3. The molecule has 0 aliphatic carbocycles. The van der Waals surface area contributed by atoms with E-state index in [-0.39, 0.29) is 5.91 Å². The Hall–Kier alpha value is -2.70. The standard InChI is InChI=1S/C19H26N6O/c1-3-10-23(2)17-7-6-16(15-22-17)18(26)24-11-5-12-25(14-13-24)19-20-8-4-9-21-19/h4,6-9,15H,3,5,10-14H2,1-2H3. The zero-order chi connectivity index (χ0) is 18.4. The maximum Gasteiger partial charge on any atom is 0.255 e. The third-order valence-corrected chi connectivity index (χ3v) is 4.56. The van der Waals surface area contributed by atoms with Gasteiger partial charge in [0.05, 0.1) is 5.56 Å². The molecule has 0 atom stereocenters. The molecule has 138 valence electrons. The summed E-state index contributed by atoms with van der Waals surface area (Å²) in [6.07, 6.45) is 7.15. The van der Waals surface area contributed by atoms with E-state index in [9.17, 15) is 4.79 Å². The molecule has 26 heavy (non-hydrogen) atoms. The first-order chi connectivity index (χ1) is 12.7. The van der Waals surface area contributed by atoms with Crippen LogP contribution in [0, 0.1) is 0 Å². The molecule has 0 N–H and O–H groups in total. The SMILES string of the molecule is CCCN(C)c1ccc(C(=O)N2CCCN(c3ncccn3)CC2)cn1. The van der Waals surface area contributed by atoms with Crippen molar-refractivity contribution in [1.82, 2.24) is 19.9 Å². The Labute approximate surface area is 154 Å². The van der Waals surface area contributed by atoms with Gasteiger partial charge in [-0.05, 0) is 31.0 Å². The van der Waals surface area contributed by atoms with Crippen molar-refractivity contribution in [2.24, 2.45) is 0 Å². The quantitative estimate of drug-likeness (QED) is 0.819. The lowest BCUT2D eigenvalue weighted by atomic mass is 10.2. The summed E-state index contributed by atoms with van der Waals surface area (Å²) in [7, 11) is 2.02. The van der Waals surface area contributed by atoms with Crippen molar-refractivity contribution in [1.29, 1.82) is 0 Å². The molecule has 0 spiro atoms. The summed E-state index contributed by atoms with van der Waals surface area (Å²) < 4.78 is 0. The molecule has 0 bridgehead atoms. The van der Waals surface area contributed by atoms with Gasteiger partial charge in [0.2, 0.25) is 5.95 Å². The number of nitrogens with zero attached hydrogens (tertiary/aromatic N) is 6. The maximum absolute atomic E-state index is 12.8. The number of anilines is 2. The largest absolute Gasteiger partial charge is 0.360 e. The van der Waals surface area contributed by atoms with Crippen molar-refractivity contribution < 1.29 is 4.79 Å². The van der Waals surface area contributed by atoms with Gasteiger partial charge >= 0.3 is 0 Å². The molecule has 1 aliphatic rings. The van der Waals surface area contributed by atoms with E-state index in [0.29, 0.717) is 12.1 Å². The van der Waals surface area contributed by atoms with Crippen molar-refractivity contribution >= 4 is 17.7 Å². The first-order valence-electron chi connectivity index (χ1n) is 9.17. The fourth-order valence-electron chi connectivity index (χ4n) is 3.15. The monoisotopic (exact) mass is 354 g/mol. The predicted octanol–water partition coefficient (Wildman–Crippen LogP) is 2.07. The minimum Gasteiger partial charge on any atom is -0.360 e. The van der Waals surface area contributed by atoms with E-state index in [2.05, 4.69) is 31.7 Å². The molecule has 7 heteroatoms. The van der Waals surface area contributed by atoms with Crippen LogP contribution in [0.5, 0.6) is 0 Å². The highest BCUT2D eigenvalue weighted by Crippen LogP contribution is 2.15. The van der Waals surface area contributed by atoms with Gasteiger partial charge in [-0.3, -0.25) is 4.79 Å². The van der Waals surface area contributed by atoms with Crippen LogP contribution in [0.1, 0.15) is 30.1 Å². The third kappa shape index (κ3) is 4.28. The molecule has 1 aliphatic heterocycles. The molecule has 0 aromatic carbocycles. The second kappa shape index (κ2) is 8.60. The summed E-state index contributed by atoms with van der Waals surface area (Å²) >= 11 is 0. The van der Waals surface area contributed by atoms with Crippen LogP contribution in [-0.2, 0) is 0 Å². The number of carbonyl (C=O) groups excluding carboxylic acids is 1. The molecule has 1 saturated heterocycles. The van der Waals surface area contributed by atoms with Gasteiger partial charge in [0.15, 0.2) is 0 Å². The molecule has 0 radical (unpaired) electrons. The minimum absolute atomic E-state index is 0.0398. The summed E-state index contributed by atoms with van der Waals surface area (Å²) in [4.78, 5) is 32.0. The van der Waals surface area contributed by atoms with E-state index in [0.717, 1.165) is 50.8 Å². The summed E-state index contributed by atoms with van der Waals surface area (Å²) in [5, 5.41) is 0. The first-order valence-corrected chi connectivity index (χ1v) is 9.17. The zero-order valence-electron chi connectivity index (χ0n) is 15.5. The van der Waals surface area contributed by atoms with E-state index < -0.39 is 0 Å². The molecule has 3 heterocycles. The van der Waals surface area contributed by atoms with Gasteiger partial charge in [-0.1, -0.05) is 6.92 Å². The molecule has 3 rings (SSSR count). The molecule has 1 amide bonds. The molecule has 2 aromatic rings. The van der Waals surface area contributed by atoms with Crippen molar-refractivity contribution in [3.63, 3.8) is 0 Å². The predicted molar refractivity (Wildman–Crippen MR) is 103 cm³/mol. The lowest BCUT2D eigenvalue weighted by Gasteiger charge is -2.22. The van der Waals surface area contributed by atoms with E-state index >= 15 is 0 Å². The number of hydrogen-bond donors (Lipinski definition) is 0. The van der Waals surface area contributed by atoms with E-state index in [1.807, 2.05) is 30.1 Å². The van der Waals surface area contributed by atoms with Gasteiger partial charge < -0.3 is 14.7 Å². The Balaban J connectivity index is 1.63. The van der Waals surface area contributed by atoms with Crippen molar-refractivity contribution in [2.45, 2.75) is 19.8 Å². The van der Waals surface area contributed by atoms with Crippen LogP contribution in [0.3, 0.4) is 0 Å². The molecule has 0 saturated carbocycles.